The zero-order chi connectivity index (χ0) is 25.2. The van der Waals surface area contributed by atoms with E-state index in [1.54, 1.807) is 30.4 Å². The summed E-state index contributed by atoms with van der Waals surface area (Å²) in [7, 11) is 1.55. The number of nitrogens with zero attached hydrogens (tertiary/aromatic N) is 2. The molecular formula is C28H27FN2O5. The van der Waals surface area contributed by atoms with Crippen LogP contribution in [0, 0.1) is 11.7 Å². The summed E-state index contributed by atoms with van der Waals surface area (Å²) in [4.78, 5) is 34.1. The smallest absolute Gasteiger partial charge is 0.266 e. The van der Waals surface area contributed by atoms with Gasteiger partial charge in [-0.2, -0.15) is 0 Å². The van der Waals surface area contributed by atoms with Crippen LogP contribution >= 0.6 is 0 Å². The van der Waals surface area contributed by atoms with Gasteiger partial charge in [0.05, 0.1) is 31.1 Å². The summed E-state index contributed by atoms with van der Waals surface area (Å²) >= 11 is 0. The molecular weight excluding hydrogens is 463 g/mol. The zero-order valence-corrected chi connectivity index (χ0v) is 20.1. The second kappa shape index (κ2) is 9.99. The van der Waals surface area contributed by atoms with Gasteiger partial charge < -0.3 is 9.47 Å². The van der Waals surface area contributed by atoms with Gasteiger partial charge in [0.1, 0.15) is 11.7 Å². The highest BCUT2D eigenvalue weighted by atomic mass is 19.1. The average Bonchev–Trinajstić information content (AvgIpc) is 3.41. The Morgan fingerprint density at radius 3 is 2.42 bits per heavy atom. The Morgan fingerprint density at radius 2 is 1.69 bits per heavy atom. The van der Waals surface area contributed by atoms with Gasteiger partial charge in [-0.25, -0.2) is 14.4 Å². The lowest BCUT2D eigenvalue weighted by Gasteiger charge is -2.29. The maximum Gasteiger partial charge on any atom is 0.266 e. The molecule has 0 radical (unpaired) electrons. The molecule has 2 amide bonds. The molecule has 0 spiro atoms. The second-order valence-electron chi connectivity index (χ2n) is 8.73. The van der Waals surface area contributed by atoms with Crippen molar-refractivity contribution < 1.29 is 28.3 Å². The summed E-state index contributed by atoms with van der Waals surface area (Å²) < 4.78 is 26.0. The molecule has 2 aliphatic rings. The van der Waals surface area contributed by atoms with E-state index in [-0.39, 0.29) is 5.69 Å². The third-order valence-electron chi connectivity index (χ3n) is 6.50. The summed E-state index contributed by atoms with van der Waals surface area (Å²) in [6.45, 7) is 2.65. The van der Waals surface area contributed by atoms with E-state index in [1.807, 2.05) is 36.4 Å². The van der Waals surface area contributed by atoms with Crippen molar-refractivity contribution >= 4 is 23.2 Å². The number of unbranched alkanes of at least 4 members (excludes halogenated alkanes) is 1. The maximum absolute atomic E-state index is 14.6. The number of carbonyl (C=O) groups is 2. The van der Waals surface area contributed by atoms with Crippen molar-refractivity contribution in [2.45, 2.75) is 31.9 Å². The van der Waals surface area contributed by atoms with Gasteiger partial charge in [0.25, 0.3) is 5.91 Å². The van der Waals surface area contributed by atoms with Crippen LogP contribution in [0.15, 0.2) is 72.8 Å². The van der Waals surface area contributed by atoms with Crippen molar-refractivity contribution in [2.75, 3.05) is 23.7 Å². The van der Waals surface area contributed by atoms with Crippen molar-refractivity contribution in [3.05, 3.63) is 84.2 Å². The van der Waals surface area contributed by atoms with Crippen LogP contribution in [0.1, 0.15) is 31.4 Å². The van der Waals surface area contributed by atoms with Gasteiger partial charge in [0, 0.05) is 0 Å². The predicted octanol–water partition coefficient (Wildman–Crippen LogP) is 5.06. The van der Waals surface area contributed by atoms with E-state index in [0.29, 0.717) is 29.4 Å². The SMILES string of the molecule is CCCCOc1ccc([C@@H]2[C@@H]3C(=O)N(c4ccccc4F)C(=O)[C@@H]3ON2c2ccccc2)cc1OC. The van der Waals surface area contributed by atoms with Gasteiger partial charge in [-0.3, -0.25) is 14.4 Å². The fraction of sp³-hybridized carbons (Fsp3) is 0.286. The van der Waals surface area contributed by atoms with Gasteiger partial charge in [0.2, 0.25) is 5.91 Å². The summed E-state index contributed by atoms with van der Waals surface area (Å²) in [5.41, 5.74) is 1.33. The van der Waals surface area contributed by atoms with E-state index in [2.05, 4.69) is 6.92 Å². The summed E-state index contributed by atoms with van der Waals surface area (Å²) in [6, 6.07) is 19.8. The first-order valence-electron chi connectivity index (χ1n) is 12.0. The third kappa shape index (κ3) is 4.07. The Hall–Kier alpha value is -3.91. The number of anilines is 2. The van der Waals surface area contributed by atoms with E-state index < -0.39 is 35.7 Å². The lowest BCUT2D eigenvalue weighted by atomic mass is 9.90. The normalized spacial score (nSPS) is 21.1. The molecule has 3 aromatic rings. The number of benzene rings is 3. The topological polar surface area (TPSA) is 68.3 Å². The summed E-state index contributed by atoms with van der Waals surface area (Å²) in [5.74, 6) is -1.52. The molecule has 0 saturated carbocycles. The van der Waals surface area contributed by atoms with Crippen molar-refractivity contribution in [1.29, 1.82) is 0 Å². The van der Waals surface area contributed by atoms with Crippen LogP contribution in [0.5, 0.6) is 11.5 Å². The zero-order valence-electron chi connectivity index (χ0n) is 20.1. The standard InChI is InChI=1S/C28H27FN2O5/c1-3-4-16-35-22-15-14-18(17-23(22)34-2)25-24-26(36-31(25)19-10-6-5-7-11-19)28(33)30(27(24)32)21-13-9-8-12-20(21)29/h5-15,17,24-26H,3-4,16H2,1-2H3/t24-,25+,26+/m0/s1. The Labute approximate surface area is 208 Å². The molecule has 186 valence electrons. The minimum absolute atomic E-state index is 0.0761. The number of fused-ring (bicyclic) bond motifs is 1. The number of hydroxylamine groups is 1. The quantitative estimate of drug-likeness (QED) is 0.325. The number of hydrogen-bond donors (Lipinski definition) is 0. The Morgan fingerprint density at radius 1 is 0.944 bits per heavy atom. The monoisotopic (exact) mass is 490 g/mol. The first kappa shape index (κ1) is 23.8. The minimum atomic E-state index is -1.09. The first-order valence-corrected chi connectivity index (χ1v) is 12.0. The van der Waals surface area contributed by atoms with Crippen LogP contribution in [-0.2, 0) is 14.4 Å². The van der Waals surface area contributed by atoms with Crippen molar-refractivity contribution in [2.24, 2.45) is 5.92 Å². The molecule has 2 heterocycles. The molecule has 7 nitrogen and oxygen atoms in total. The molecule has 8 heteroatoms. The van der Waals surface area contributed by atoms with E-state index in [9.17, 15) is 14.0 Å². The van der Waals surface area contributed by atoms with E-state index >= 15 is 0 Å². The number of imide groups is 1. The molecule has 3 aromatic carbocycles. The number of ether oxygens (including phenoxy) is 2. The first-order chi connectivity index (χ1) is 17.5. The number of halogens is 1. The summed E-state index contributed by atoms with van der Waals surface area (Å²) in [5, 5.41) is 1.59. The van der Waals surface area contributed by atoms with Crippen molar-refractivity contribution in [3.63, 3.8) is 0 Å². The minimum Gasteiger partial charge on any atom is -0.493 e. The van der Waals surface area contributed by atoms with Crippen LogP contribution in [0.2, 0.25) is 0 Å². The molecule has 5 rings (SSSR count). The van der Waals surface area contributed by atoms with Crippen LogP contribution < -0.4 is 19.4 Å². The maximum atomic E-state index is 14.6. The molecule has 2 aliphatic heterocycles. The molecule has 36 heavy (non-hydrogen) atoms. The van der Waals surface area contributed by atoms with Crippen molar-refractivity contribution in [3.8, 4) is 11.5 Å². The second-order valence-corrected chi connectivity index (χ2v) is 8.73. The van der Waals surface area contributed by atoms with Crippen LogP contribution in [-0.4, -0.2) is 31.6 Å². The highest BCUT2D eigenvalue weighted by Gasteiger charge is 2.60. The number of para-hydroxylation sites is 2. The average molecular weight is 491 g/mol. The van der Waals surface area contributed by atoms with Gasteiger partial charge >= 0.3 is 0 Å². The number of methoxy groups -OCH3 is 1. The highest BCUT2D eigenvalue weighted by molar-refractivity contribution is 6.24. The Kier molecular flexibility index (Phi) is 6.61. The van der Waals surface area contributed by atoms with Crippen LogP contribution in [0.4, 0.5) is 15.8 Å². The predicted molar refractivity (Wildman–Crippen MR) is 132 cm³/mol. The number of amides is 2. The molecule has 0 aliphatic carbocycles. The molecule has 0 aromatic heterocycles. The van der Waals surface area contributed by atoms with E-state index in [1.165, 1.54) is 18.2 Å². The lowest BCUT2D eigenvalue weighted by Crippen LogP contribution is -2.37. The number of hydrogen-bond acceptors (Lipinski definition) is 6. The van der Waals surface area contributed by atoms with E-state index in [4.69, 9.17) is 14.3 Å². The Balaban J connectivity index is 1.56. The number of carbonyl (C=O) groups excluding carboxylic acids is 2. The molecule has 2 saturated heterocycles. The van der Waals surface area contributed by atoms with Gasteiger partial charge in [-0.1, -0.05) is 49.7 Å². The number of rotatable bonds is 8. The fourth-order valence-corrected chi connectivity index (χ4v) is 4.74. The summed E-state index contributed by atoms with van der Waals surface area (Å²) in [6.07, 6.45) is 0.827. The third-order valence-corrected chi connectivity index (χ3v) is 6.50. The molecule has 3 atom stereocenters. The molecule has 0 bridgehead atoms. The van der Waals surface area contributed by atoms with Gasteiger partial charge in [-0.15, -0.1) is 0 Å². The van der Waals surface area contributed by atoms with Gasteiger partial charge in [0.15, 0.2) is 17.6 Å². The largest absolute Gasteiger partial charge is 0.493 e. The lowest BCUT2D eigenvalue weighted by molar-refractivity contribution is -0.126. The molecule has 0 N–H and O–H groups in total. The van der Waals surface area contributed by atoms with Gasteiger partial charge in [-0.05, 0) is 48.4 Å². The van der Waals surface area contributed by atoms with Crippen molar-refractivity contribution in [1.82, 2.24) is 0 Å². The van der Waals surface area contributed by atoms with E-state index in [0.717, 1.165) is 17.7 Å². The highest BCUT2D eigenvalue weighted by Crippen LogP contribution is 2.48. The van der Waals surface area contributed by atoms with Crippen LogP contribution in [0.25, 0.3) is 0 Å². The molecule has 2 fully saturated rings. The molecule has 0 unspecified atom stereocenters. The fourth-order valence-electron chi connectivity index (χ4n) is 4.74. The Bertz CT molecular complexity index is 1270. The van der Waals surface area contributed by atoms with Crippen LogP contribution in [0.3, 0.4) is 0 Å².